The second-order valence-electron chi connectivity index (χ2n) is 7.06. The van der Waals surface area contributed by atoms with Gasteiger partial charge in [0.2, 0.25) is 0 Å². The monoisotopic (exact) mass is 293 g/mol. The van der Waals surface area contributed by atoms with Crippen LogP contribution in [0.1, 0.15) is 66.9 Å². The Balaban J connectivity index is 0.00000122. The molecule has 0 aliphatic carbocycles. The van der Waals surface area contributed by atoms with E-state index in [-0.39, 0.29) is 0 Å². The first kappa shape index (κ1) is 20.0. The number of hydrogen-bond donors (Lipinski definition) is 1. The molecule has 0 radical (unpaired) electrons. The van der Waals surface area contributed by atoms with E-state index in [0.29, 0.717) is 18.2 Å². The average Bonchev–Trinajstić information content (AvgIpc) is 2.37. The van der Waals surface area contributed by atoms with E-state index in [2.05, 4.69) is 72.0 Å². The SMILES string of the molecule is CC(C)NCOc1cccc(CCC(C)(C)C)c1.CCC. The Morgan fingerprint density at radius 1 is 1.14 bits per heavy atom. The van der Waals surface area contributed by atoms with Crippen LogP contribution in [0.2, 0.25) is 0 Å². The van der Waals surface area contributed by atoms with Gasteiger partial charge in [0.15, 0.2) is 0 Å². The van der Waals surface area contributed by atoms with E-state index >= 15 is 0 Å². The third-order valence-corrected chi connectivity index (χ3v) is 2.79. The van der Waals surface area contributed by atoms with Gasteiger partial charge in [-0.05, 0) is 49.8 Å². The van der Waals surface area contributed by atoms with Gasteiger partial charge in [-0.15, -0.1) is 0 Å². The molecule has 0 atom stereocenters. The normalized spacial score (nSPS) is 11.0. The topological polar surface area (TPSA) is 21.3 Å². The standard InChI is InChI=1S/C16H27NO.C3H8/c1-13(2)17-12-18-15-8-6-7-14(11-15)9-10-16(3,4)5;1-3-2/h6-8,11,13,17H,9-10,12H2,1-5H3;3H2,1-2H3. The lowest BCUT2D eigenvalue weighted by Crippen LogP contribution is -2.27. The highest BCUT2D eigenvalue weighted by atomic mass is 16.5. The van der Waals surface area contributed by atoms with Crippen LogP contribution in [0.3, 0.4) is 0 Å². The van der Waals surface area contributed by atoms with Crippen LogP contribution in [-0.4, -0.2) is 12.8 Å². The molecule has 2 nitrogen and oxygen atoms in total. The molecule has 0 bridgehead atoms. The summed E-state index contributed by atoms with van der Waals surface area (Å²) in [6.45, 7) is 15.9. The van der Waals surface area contributed by atoms with Gasteiger partial charge < -0.3 is 4.74 Å². The summed E-state index contributed by atoms with van der Waals surface area (Å²) in [7, 11) is 0. The minimum absolute atomic E-state index is 0.385. The number of ether oxygens (including phenoxy) is 1. The number of benzene rings is 1. The smallest absolute Gasteiger partial charge is 0.139 e. The predicted molar refractivity (Wildman–Crippen MR) is 93.9 cm³/mol. The van der Waals surface area contributed by atoms with Crippen LogP contribution in [0.25, 0.3) is 0 Å². The van der Waals surface area contributed by atoms with Crippen molar-refractivity contribution in [2.75, 3.05) is 6.73 Å². The van der Waals surface area contributed by atoms with E-state index in [0.717, 1.165) is 12.2 Å². The van der Waals surface area contributed by atoms with Gasteiger partial charge in [-0.25, -0.2) is 0 Å². The Morgan fingerprint density at radius 2 is 1.76 bits per heavy atom. The second-order valence-corrected chi connectivity index (χ2v) is 7.06. The molecule has 0 aromatic heterocycles. The van der Waals surface area contributed by atoms with Crippen molar-refractivity contribution < 1.29 is 4.74 Å². The largest absolute Gasteiger partial charge is 0.478 e. The first-order valence-corrected chi connectivity index (χ1v) is 8.23. The van der Waals surface area contributed by atoms with E-state index < -0.39 is 0 Å². The van der Waals surface area contributed by atoms with Gasteiger partial charge in [0.05, 0.1) is 0 Å². The van der Waals surface area contributed by atoms with Crippen LogP contribution in [0, 0.1) is 5.41 Å². The molecule has 0 saturated heterocycles. The minimum atomic E-state index is 0.385. The lowest BCUT2D eigenvalue weighted by Gasteiger charge is -2.18. The summed E-state index contributed by atoms with van der Waals surface area (Å²) in [6.07, 6.45) is 3.55. The molecule has 0 amide bonds. The van der Waals surface area contributed by atoms with Crippen LogP contribution in [-0.2, 0) is 6.42 Å². The van der Waals surface area contributed by atoms with E-state index in [1.807, 2.05) is 6.07 Å². The highest BCUT2D eigenvalue weighted by molar-refractivity contribution is 5.28. The van der Waals surface area contributed by atoms with E-state index in [9.17, 15) is 0 Å². The van der Waals surface area contributed by atoms with Gasteiger partial charge in [-0.3, -0.25) is 5.32 Å². The Labute approximate surface area is 132 Å². The summed E-state index contributed by atoms with van der Waals surface area (Å²) in [5, 5.41) is 3.25. The van der Waals surface area contributed by atoms with Gasteiger partial charge in [-0.1, -0.05) is 53.2 Å². The van der Waals surface area contributed by atoms with Crippen molar-refractivity contribution in [3.05, 3.63) is 29.8 Å². The summed E-state index contributed by atoms with van der Waals surface area (Å²) in [6, 6.07) is 8.86. The first-order chi connectivity index (χ1) is 9.78. The molecule has 1 N–H and O–H groups in total. The average molecular weight is 293 g/mol. The molecule has 1 rings (SSSR count). The molecule has 0 aliphatic heterocycles. The maximum Gasteiger partial charge on any atom is 0.139 e. The van der Waals surface area contributed by atoms with Gasteiger partial charge in [0.1, 0.15) is 12.5 Å². The Bertz CT molecular complexity index is 366. The highest BCUT2D eigenvalue weighted by Gasteiger charge is 2.10. The van der Waals surface area contributed by atoms with Crippen molar-refractivity contribution in [2.45, 2.75) is 73.8 Å². The maximum absolute atomic E-state index is 5.68. The molecule has 0 heterocycles. The van der Waals surface area contributed by atoms with Crippen LogP contribution < -0.4 is 10.1 Å². The summed E-state index contributed by atoms with van der Waals surface area (Å²) in [5.74, 6) is 0.953. The van der Waals surface area contributed by atoms with Gasteiger partial charge in [-0.2, -0.15) is 0 Å². The summed E-state index contributed by atoms with van der Waals surface area (Å²) >= 11 is 0. The molecule has 1 aromatic rings. The molecule has 122 valence electrons. The molecular weight excluding hydrogens is 258 g/mol. The molecule has 2 heteroatoms. The quantitative estimate of drug-likeness (QED) is 0.707. The molecule has 0 aliphatic rings. The number of rotatable bonds is 6. The van der Waals surface area contributed by atoms with Crippen LogP contribution >= 0.6 is 0 Å². The summed E-state index contributed by atoms with van der Waals surface area (Å²) in [5.41, 5.74) is 1.74. The summed E-state index contributed by atoms with van der Waals surface area (Å²) < 4.78 is 5.68. The van der Waals surface area contributed by atoms with E-state index in [1.54, 1.807) is 0 Å². The van der Waals surface area contributed by atoms with Crippen LogP contribution in [0.15, 0.2) is 24.3 Å². The van der Waals surface area contributed by atoms with E-state index in [4.69, 9.17) is 4.74 Å². The fourth-order valence-electron chi connectivity index (χ4n) is 1.60. The number of hydrogen-bond acceptors (Lipinski definition) is 2. The molecule has 21 heavy (non-hydrogen) atoms. The van der Waals surface area contributed by atoms with E-state index in [1.165, 1.54) is 18.4 Å². The molecule has 0 fully saturated rings. The number of aryl methyl sites for hydroxylation is 1. The third kappa shape index (κ3) is 12.4. The number of nitrogens with one attached hydrogen (secondary N) is 1. The van der Waals surface area contributed by atoms with Gasteiger partial charge in [0, 0.05) is 6.04 Å². The molecule has 0 saturated carbocycles. The van der Waals surface area contributed by atoms with Crippen molar-refractivity contribution in [3.8, 4) is 5.75 Å². The minimum Gasteiger partial charge on any atom is -0.478 e. The molecule has 0 unspecified atom stereocenters. The van der Waals surface area contributed by atoms with Crippen molar-refractivity contribution in [3.63, 3.8) is 0 Å². The summed E-state index contributed by atoms with van der Waals surface area (Å²) in [4.78, 5) is 0. The highest BCUT2D eigenvalue weighted by Crippen LogP contribution is 2.23. The lowest BCUT2D eigenvalue weighted by molar-refractivity contribution is 0.270. The zero-order chi connectivity index (χ0) is 16.3. The Kier molecular flexibility index (Phi) is 10.2. The zero-order valence-corrected chi connectivity index (χ0v) is 15.1. The van der Waals surface area contributed by atoms with Gasteiger partial charge in [0.25, 0.3) is 0 Å². The van der Waals surface area contributed by atoms with Crippen LogP contribution in [0.4, 0.5) is 0 Å². The zero-order valence-electron chi connectivity index (χ0n) is 15.1. The second kappa shape index (κ2) is 10.7. The molecule has 1 aromatic carbocycles. The first-order valence-electron chi connectivity index (χ1n) is 8.23. The lowest BCUT2D eigenvalue weighted by atomic mass is 9.89. The van der Waals surface area contributed by atoms with Crippen LogP contribution in [0.5, 0.6) is 5.75 Å². The fourth-order valence-corrected chi connectivity index (χ4v) is 1.60. The van der Waals surface area contributed by atoms with Crippen molar-refractivity contribution in [1.29, 1.82) is 0 Å². The fraction of sp³-hybridized carbons (Fsp3) is 0.684. The molecular formula is C19H35NO. The van der Waals surface area contributed by atoms with Crippen molar-refractivity contribution in [1.82, 2.24) is 5.32 Å². The third-order valence-electron chi connectivity index (χ3n) is 2.79. The maximum atomic E-state index is 5.68. The molecule has 0 spiro atoms. The van der Waals surface area contributed by atoms with Crippen molar-refractivity contribution in [2.24, 2.45) is 5.41 Å². The predicted octanol–water partition coefficient (Wildman–Crippen LogP) is 5.42. The van der Waals surface area contributed by atoms with Gasteiger partial charge >= 0.3 is 0 Å². The Morgan fingerprint density at radius 3 is 2.29 bits per heavy atom. The Hall–Kier alpha value is -1.02. The van der Waals surface area contributed by atoms with Crippen molar-refractivity contribution >= 4 is 0 Å².